The Hall–Kier alpha value is -1.65. The van der Waals surface area contributed by atoms with Gasteiger partial charge < -0.3 is 10.6 Å². The van der Waals surface area contributed by atoms with E-state index in [0.717, 1.165) is 36.2 Å². The van der Waals surface area contributed by atoms with Gasteiger partial charge in [-0.2, -0.15) is 5.10 Å². The van der Waals surface area contributed by atoms with Crippen LogP contribution in [0.15, 0.2) is 0 Å². The van der Waals surface area contributed by atoms with Crippen molar-refractivity contribution in [2.24, 2.45) is 5.73 Å². The van der Waals surface area contributed by atoms with Crippen molar-refractivity contribution >= 4 is 11.7 Å². The molecule has 0 aliphatic rings. The van der Waals surface area contributed by atoms with Crippen molar-refractivity contribution in [3.8, 4) is 0 Å². The minimum Gasteiger partial charge on any atom is -0.384 e. The molecule has 94 valence electrons. The zero-order chi connectivity index (χ0) is 13.0. The highest BCUT2D eigenvalue weighted by Gasteiger charge is 2.18. The van der Waals surface area contributed by atoms with Gasteiger partial charge in [-0.1, -0.05) is 13.8 Å². The predicted octanol–water partition coefficient (Wildman–Crippen LogP) is 1.34. The summed E-state index contributed by atoms with van der Waals surface area (Å²) < 4.78 is 0. The summed E-state index contributed by atoms with van der Waals surface area (Å²) in [4.78, 5) is 1.96. The van der Waals surface area contributed by atoms with Crippen molar-refractivity contribution in [1.82, 2.24) is 10.2 Å². The number of aromatic nitrogens is 2. The lowest BCUT2D eigenvalue weighted by molar-refractivity contribution is 0.834. The molecule has 0 radical (unpaired) electrons. The third-order valence-electron chi connectivity index (χ3n) is 2.93. The van der Waals surface area contributed by atoms with E-state index in [2.05, 4.69) is 17.1 Å². The van der Waals surface area contributed by atoms with E-state index >= 15 is 0 Å². The van der Waals surface area contributed by atoms with Crippen molar-refractivity contribution in [1.29, 1.82) is 5.41 Å². The second kappa shape index (κ2) is 5.61. The highest BCUT2D eigenvalue weighted by molar-refractivity contribution is 6.01. The van der Waals surface area contributed by atoms with Crippen LogP contribution in [0.3, 0.4) is 0 Å². The maximum atomic E-state index is 7.74. The number of nitrogens with two attached hydrogens (primary N) is 1. The zero-order valence-electron chi connectivity index (χ0n) is 11.0. The van der Waals surface area contributed by atoms with E-state index in [1.807, 2.05) is 25.8 Å². The first kappa shape index (κ1) is 13.4. The van der Waals surface area contributed by atoms with Crippen LogP contribution in [0.25, 0.3) is 0 Å². The smallest absolute Gasteiger partial charge is 0.162 e. The largest absolute Gasteiger partial charge is 0.384 e. The molecule has 3 N–H and O–H groups in total. The van der Waals surface area contributed by atoms with E-state index in [1.165, 1.54) is 0 Å². The maximum Gasteiger partial charge on any atom is 0.162 e. The fraction of sp³-hybridized carbons (Fsp3) is 0.583. The number of nitrogen functional groups attached to an aromatic ring is 1. The first-order chi connectivity index (χ1) is 8.06. The molecule has 0 atom stereocenters. The summed E-state index contributed by atoms with van der Waals surface area (Å²) in [5, 5.41) is 16.2. The first-order valence-corrected chi connectivity index (χ1v) is 6.00. The molecule has 0 saturated carbocycles. The topological polar surface area (TPSA) is 78.9 Å². The van der Waals surface area contributed by atoms with Crippen LogP contribution in [0.5, 0.6) is 0 Å². The number of nitrogens with zero attached hydrogens (tertiary/aromatic N) is 3. The molecule has 0 unspecified atom stereocenters. The molecule has 0 bridgehead atoms. The SMILES string of the molecule is CCc1nnc(N(C)CC)c(C(=N)N)c1CC. The Morgan fingerprint density at radius 3 is 2.29 bits per heavy atom. The van der Waals surface area contributed by atoms with Crippen LogP contribution in [0, 0.1) is 5.41 Å². The number of aryl methyl sites for hydroxylation is 1. The van der Waals surface area contributed by atoms with Gasteiger partial charge in [0.15, 0.2) is 5.82 Å². The second-order valence-electron chi connectivity index (χ2n) is 3.96. The number of nitrogens with one attached hydrogen (secondary N) is 1. The van der Waals surface area contributed by atoms with Crippen molar-refractivity contribution in [3.63, 3.8) is 0 Å². The lowest BCUT2D eigenvalue weighted by Gasteiger charge is -2.21. The van der Waals surface area contributed by atoms with Crippen molar-refractivity contribution in [2.45, 2.75) is 33.6 Å². The van der Waals surface area contributed by atoms with Gasteiger partial charge in [0.1, 0.15) is 5.84 Å². The molecule has 5 nitrogen and oxygen atoms in total. The Balaban J connectivity index is 3.47. The Labute approximate surface area is 103 Å². The van der Waals surface area contributed by atoms with Crippen LogP contribution in [0.1, 0.15) is 37.6 Å². The van der Waals surface area contributed by atoms with Gasteiger partial charge in [-0.3, -0.25) is 5.41 Å². The van der Waals surface area contributed by atoms with Crippen LogP contribution >= 0.6 is 0 Å². The van der Waals surface area contributed by atoms with E-state index in [0.29, 0.717) is 5.82 Å². The van der Waals surface area contributed by atoms with Crippen LogP contribution < -0.4 is 10.6 Å². The number of hydrogen-bond donors (Lipinski definition) is 2. The average Bonchev–Trinajstić information content (AvgIpc) is 2.35. The van der Waals surface area contributed by atoms with Crippen LogP contribution in [-0.2, 0) is 12.8 Å². The minimum atomic E-state index is 0.0711. The molecule has 17 heavy (non-hydrogen) atoms. The lowest BCUT2D eigenvalue weighted by atomic mass is 10.0. The Morgan fingerprint density at radius 1 is 1.24 bits per heavy atom. The molecular weight excluding hydrogens is 214 g/mol. The maximum absolute atomic E-state index is 7.74. The van der Waals surface area contributed by atoms with E-state index < -0.39 is 0 Å². The molecule has 0 saturated heterocycles. The van der Waals surface area contributed by atoms with E-state index in [-0.39, 0.29) is 5.84 Å². The molecule has 5 heteroatoms. The minimum absolute atomic E-state index is 0.0711. The average molecular weight is 235 g/mol. The van der Waals surface area contributed by atoms with Crippen LogP contribution in [0.2, 0.25) is 0 Å². The van der Waals surface area contributed by atoms with Crippen LogP contribution in [0.4, 0.5) is 5.82 Å². The third kappa shape index (κ3) is 2.54. The number of rotatable bonds is 5. The fourth-order valence-electron chi connectivity index (χ4n) is 1.86. The van der Waals surface area contributed by atoms with Gasteiger partial charge in [-0.25, -0.2) is 0 Å². The molecule has 1 aromatic heterocycles. The highest BCUT2D eigenvalue weighted by Crippen LogP contribution is 2.22. The summed E-state index contributed by atoms with van der Waals surface area (Å²) in [6.45, 7) is 6.93. The monoisotopic (exact) mass is 235 g/mol. The van der Waals surface area contributed by atoms with Gasteiger partial charge in [-0.05, 0) is 25.3 Å². The van der Waals surface area contributed by atoms with Gasteiger partial charge >= 0.3 is 0 Å². The molecule has 0 aromatic carbocycles. The molecule has 0 spiro atoms. The van der Waals surface area contributed by atoms with Crippen molar-refractivity contribution < 1.29 is 0 Å². The normalized spacial score (nSPS) is 10.4. The van der Waals surface area contributed by atoms with E-state index in [4.69, 9.17) is 11.1 Å². The lowest BCUT2D eigenvalue weighted by Crippen LogP contribution is -2.26. The third-order valence-corrected chi connectivity index (χ3v) is 2.93. The summed E-state index contributed by atoms with van der Waals surface area (Å²) in [6.07, 6.45) is 1.63. The number of amidine groups is 1. The summed E-state index contributed by atoms with van der Waals surface area (Å²) in [5.41, 5.74) is 8.42. The molecule has 0 amide bonds. The molecule has 1 rings (SSSR count). The Morgan fingerprint density at radius 2 is 1.88 bits per heavy atom. The summed E-state index contributed by atoms with van der Waals surface area (Å²) in [6, 6.07) is 0. The summed E-state index contributed by atoms with van der Waals surface area (Å²) in [7, 11) is 1.93. The second-order valence-corrected chi connectivity index (χ2v) is 3.96. The molecule has 0 aliphatic heterocycles. The van der Waals surface area contributed by atoms with Crippen molar-refractivity contribution in [2.75, 3.05) is 18.5 Å². The first-order valence-electron chi connectivity index (χ1n) is 6.00. The summed E-state index contributed by atoms with van der Waals surface area (Å²) >= 11 is 0. The van der Waals surface area contributed by atoms with Gasteiger partial charge in [0, 0.05) is 13.6 Å². The van der Waals surface area contributed by atoms with Crippen molar-refractivity contribution in [3.05, 3.63) is 16.8 Å². The molecule has 1 aromatic rings. The fourth-order valence-corrected chi connectivity index (χ4v) is 1.86. The van der Waals surface area contributed by atoms with Gasteiger partial charge in [-0.15, -0.1) is 5.10 Å². The molecule has 1 heterocycles. The molecule has 0 aliphatic carbocycles. The number of hydrogen-bond acceptors (Lipinski definition) is 4. The zero-order valence-corrected chi connectivity index (χ0v) is 11.0. The molecular formula is C12H21N5. The van der Waals surface area contributed by atoms with Gasteiger partial charge in [0.05, 0.1) is 11.3 Å². The number of anilines is 1. The summed E-state index contributed by atoms with van der Waals surface area (Å²) in [5.74, 6) is 0.774. The van der Waals surface area contributed by atoms with E-state index in [9.17, 15) is 0 Å². The standard InChI is InChI=1S/C12H21N5/c1-5-8-9(6-2)15-16-12(17(4)7-3)10(8)11(13)14/h5-7H2,1-4H3,(H3,13,14). The van der Waals surface area contributed by atoms with Crippen LogP contribution in [-0.4, -0.2) is 29.6 Å². The predicted molar refractivity (Wildman–Crippen MR) is 70.7 cm³/mol. The van der Waals surface area contributed by atoms with E-state index in [1.54, 1.807) is 0 Å². The van der Waals surface area contributed by atoms with Gasteiger partial charge in [0.2, 0.25) is 0 Å². The Bertz CT molecular complexity index is 414. The van der Waals surface area contributed by atoms with Gasteiger partial charge in [0.25, 0.3) is 0 Å². The Kier molecular flexibility index (Phi) is 4.43. The quantitative estimate of drug-likeness (QED) is 0.596. The highest BCUT2D eigenvalue weighted by atomic mass is 15.2. The molecule has 0 fully saturated rings.